The van der Waals surface area contributed by atoms with Gasteiger partial charge in [-0.2, -0.15) is 4.98 Å². The van der Waals surface area contributed by atoms with Crippen molar-refractivity contribution in [1.82, 2.24) is 15.5 Å². The lowest BCUT2D eigenvalue weighted by Gasteiger charge is -2.04. The lowest BCUT2D eigenvalue weighted by molar-refractivity contribution is 0.369. The van der Waals surface area contributed by atoms with Crippen molar-refractivity contribution in [2.75, 3.05) is 13.7 Å². The van der Waals surface area contributed by atoms with Gasteiger partial charge in [0.15, 0.2) is 5.82 Å². The smallest absolute Gasteiger partial charge is 0.227 e. The monoisotopic (exact) mass is 275 g/mol. The molecule has 1 aromatic carbocycles. The van der Waals surface area contributed by atoms with Crippen molar-refractivity contribution in [3.63, 3.8) is 0 Å². The van der Waals surface area contributed by atoms with Crippen molar-refractivity contribution in [2.24, 2.45) is 0 Å². The average Bonchev–Trinajstić information content (AvgIpc) is 2.87. The van der Waals surface area contributed by atoms with Crippen molar-refractivity contribution in [3.8, 4) is 5.75 Å². The third-order valence-electron chi connectivity index (χ3n) is 2.92. The first-order valence-electron chi connectivity index (χ1n) is 6.85. The van der Waals surface area contributed by atoms with E-state index in [9.17, 15) is 0 Å². The minimum Gasteiger partial charge on any atom is -0.497 e. The molecule has 1 N–H and O–H groups in total. The first kappa shape index (κ1) is 14.5. The molecule has 0 aliphatic carbocycles. The number of nitrogens with zero attached hydrogens (tertiary/aromatic N) is 2. The largest absolute Gasteiger partial charge is 0.497 e. The molecule has 0 radical (unpaired) electrons. The average molecular weight is 275 g/mol. The van der Waals surface area contributed by atoms with E-state index < -0.39 is 0 Å². The summed E-state index contributed by atoms with van der Waals surface area (Å²) in [6.45, 7) is 5.08. The van der Waals surface area contributed by atoms with Gasteiger partial charge in [0, 0.05) is 25.4 Å². The minimum absolute atomic E-state index is 0.469. The molecule has 0 fully saturated rings. The molecule has 0 saturated carbocycles. The maximum atomic E-state index is 5.24. The van der Waals surface area contributed by atoms with Crippen LogP contribution < -0.4 is 10.1 Å². The zero-order valence-electron chi connectivity index (χ0n) is 12.2. The minimum atomic E-state index is 0.469. The van der Waals surface area contributed by atoms with Crippen LogP contribution in [0.1, 0.15) is 31.1 Å². The van der Waals surface area contributed by atoms with E-state index >= 15 is 0 Å². The summed E-state index contributed by atoms with van der Waals surface area (Å²) in [6.07, 6.45) is 1.43. The lowest BCUT2D eigenvalue weighted by atomic mass is 10.1. The highest BCUT2D eigenvalue weighted by atomic mass is 16.5. The fourth-order valence-electron chi connectivity index (χ4n) is 1.86. The third-order valence-corrected chi connectivity index (χ3v) is 2.92. The van der Waals surface area contributed by atoms with E-state index in [4.69, 9.17) is 9.26 Å². The van der Waals surface area contributed by atoms with E-state index in [1.807, 2.05) is 24.3 Å². The summed E-state index contributed by atoms with van der Waals surface area (Å²) in [6, 6.07) is 8.35. The standard InChI is InChI=1S/C15H21N3O2/c1-11(2)16-9-8-15-17-14(18-20-15)10-12-4-6-13(19-3)7-5-12/h4-7,11,16H,8-10H2,1-3H3. The van der Waals surface area contributed by atoms with Crippen LogP contribution in [0.25, 0.3) is 0 Å². The fraction of sp³-hybridized carbons (Fsp3) is 0.467. The van der Waals surface area contributed by atoms with Gasteiger partial charge >= 0.3 is 0 Å². The van der Waals surface area contributed by atoms with Gasteiger partial charge in [0.05, 0.1) is 7.11 Å². The number of hydrogen-bond donors (Lipinski definition) is 1. The molecule has 1 aromatic heterocycles. The van der Waals surface area contributed by atoms with Crippen LogP contribution in [-0.2, 0) is 12.8 Å². The number of nitrogens with one attached hydrogen (secondary N) is 1. The maximum Gasteiger partial charge on any atom is 0.227 e. The van der Waals surface area contributed by atoms with Crippen molar-refractivity contribution >= 4 is 0 Å². The predicted molar refractivity (Wildman–Crippen MR) is 76.9 cm³/mol. The molecule has 0 aliphatic heterocycles. The first-order chi connectivity index (χ1) is 9.67. The molecule has 0 unspecified atom stereocenters. The van der Waals surface area contributed by atoms with Crippen LogP contribution in [0.5, 0.6) is 5.75 Å². The molecule has 0 atom stereocenters. The Labute approximate surface area is 119 Å². The van der Waals surface area contributed by atoms with Crippen molar-refractivity contribution in [2.45, 2.75) is 32.7 Å². The van der Waals surface area contributed by atoms with E-state index in [2.05, 4.69) is 29.3 Å². The van der Waals surface area contributed by atoms with Crippen LogP contribution in [0.3, 0.4) is 0 Å². The number of ether oxygens (including phenoxy) is 1. The zero-order chi connectivity index (χ0) is 14.4. The Morgan fingerprint density at radius 2 is 2.00 bits per heavy atom. The molecule has 108 valence electrons. The number of hydrogen-bond acceptors (Lipinski definition) is 5. The van der Waals surface area contributed by atoms with Crippen molar-refractivity contribution in [3.05, 3.63) is 41.5 Å². The summed E-state index contributed by atoms with van der Waals surface area (Å²) in [7, 11) is 1.66. The molecule has 2 rings (SSSR count). The zero-order valence-corrected chi connectivity index (χ0v) is 12.2. The maximum absolute atomic E-state index is 5.24. The predicted octanol–water partition coefficient (Wildman–Crippen LogP) is 2.21. The highest BCUT2D eigenvalue weighted by molar-refractivity contribution is 5.28. The summed E-state index contributed by atoms with van der Waals surface area (Å²) < 4.78 is 10.4. The Morgan fingerprint density at radius 1 is 1.25 bits per heavy atom. The molecule has 0 amide bonds. The van der Waals surface area contributed by atoms with Gasteiger partial charge in [-0.3, -0.25) is 0 Å². The Morgan fingerprint density at radius 3 is 2.65 bits per heavy atom. The number of benzene rings is 1. The number of methoxy groups -OCH3 is 1. The highest BCUT2D eigenvalue weighted by Crippen LogP contribution is 2.13. The van der Waals surface area contributed by atoms with Crippen LogP contribution >= 0.6 is 0 Å². The van der Waals surface area contributed by atoms with E-state index in [1.165, 1.54) is 0 Å². The molecule has 5 heteroatoms. The summed E-state index contributed by atoms with van der Waals surface area (Å²) in [5, 5.41) is 7.33. The van der Waals surface area contributed by atoms with Gasteiger partial charge in [0.25, 0.3) is 0 Å². The second-order valence-electron chi connectivity index (χ2n) is 4.99. The second-order valence-corrected chi connectivity index (χ2v) is 4.99. The molecule has 0 aliphatic rings. The second kappa shape index (κ2) is 7.05. The number of rotatable bonds is 7. The van der Waals surface area contributed by atoms with Gasteiger partial charge in [-0.25, -0.2) is 0 Å². The quantitative estimate of drug-likeness (QED) is 0.839. The van der Waals surface area contributed by atoms with Crippen LogP contribution in [0.15, 0.2) is 28.8 Å². The van der Waals surface area contributed by atoms with Gasteiger partial charge in [-0.05, 0) is 17.7 Å². The molecule has 0 spiro atoms. The van der Waals surface area contributed by atoms with Crippen LogP contribution in [-0.4, -0.2) is 29.8 Å². The SMILES string of the molecule is COc1ccc(Cc2noc(CCNC(C)C)n2)cc1. The molecule has 2 aromatic rings. The van der Waals surface area contributed by atoms with E-state index in [0.717, 1.165) is 30.1 Å². The number of aromatic nitrogens is 2. The summed E-state index contributed by atoms with van der Waals surface area (Å²) in [4.78, 5) is 4.40. The van der Waals surface area contributed by atoms with Crippen molar-refractivity contribution < 1.29 is 9.26 Å². The third kappa shape index (κ3) is 4.35. The van der Waals surface area contributed by atoms with Crippen LogP contribution in [0.4, 0.5) is 0 Å². The molecule has 5 nitrogen and oxygen atoms in total. The lowest BCUT2D eigenvalue weighted by Crippen LogP contribution is -2.25. The van der Waals surface area contributed by atoms with E-state index in [1.54, 1.807) is 7.11 Å². The van der Waals surface area contributed by atoms with Gasteiger partial charge in [0.2, 0.25) is 5.89 Å². The molecule has 0 bridgehead atoms. The summed E-state index contributed by atoms with van der Waals surface area (Å²) in [5.41, 5.74) is 1.14. The molecule has 1 heterocycles. The van der Waals surface area contributed by atoms with Crippen molar-refractivity contribution in [1.29, 1.82) is 0 Å². The van der Waals surface area contributed by atoms with Crippen LogP contribution in [0, 0.1) is 0 Å². The molecule has 20 heavy (non-hydrogen) atoms. The van der Waals surface area contributed by atoms with Crippen LogP contribution in [0.2, 0.25) is 0 Å². The first-order valence-corrected chi connectivity index (χ1v) is 6.85. The van der Waals surface area contributed by atoms with Gasteiger partial charge in [-0.1, -0.05) is 31.1 Å². The molecular formula is C15H21N3O2. The molecular weight excluding hydrogens is 254 g/mol. The summed E-state index contributed by atoms with van der Waals surface area (Å²) in [5.74, 6) is 2.25. The highest BCUT2D eigenvalue weighted by Gasteiger charge is 2.07. The van der Waals surface area contributed by atoms with Gasteiger partial charge in [0.1, 0.15) is 5.75 Å². The Hall–Kier alpha value is -1.88. The van der Waals surface area contributed by atoms with Gasteiger partial charge in [-0.15, -0.1) is 0 Å². The normalized spacial score (nSPS) is 11.0. The Balaban J connectivity index is 1.88. The fourth-order valence-corrected chi connectivity index (χ4v) is 1.86. The topological polar surface area (TPSA) is 60.2 Å². The molecule has 0 saturated heterocycles. The summed E-state index contributed by atoms with van der Waals surface area (Å²) >= 11 is 0. The van der Waals surface area contributed by atoms with E-state index in [-0.39, 0.29) is 0 Å². The Bertz CT molecular complexity index is 520. The van der Waals surface area contributed by atoms with E-state index in [0.29, 0.717) is 18.4 Å². The van der Waals surface area contributed by atoms with Gasteiger partial charge < -0.3 is 14.6 Å². The Kier molecular flexibility index (Phi) is 5.12.